The lowest BCUT2D eigenvalue weighted by molar-refractivity contribution is 0.226. The van der Waals surface area contributed by atoms with Crippen LogP contribution in [0.1, 0.15) is 46.5 Å². The van der Waals surface area contributed by atoms with Crippen molar-refractivity contribution in [1.82, 2.24) is 4.57 Å². The second kappa shape index (κ2) is 8.08. The van der Waals surface area contributed by atoms with Crippen LogP contribution in [0.4, 0.5) is 5.69 Å². The monoisotopic (exact) mass is 332 g/mol. The van der Waals surface area contributed by atoms with Crippen molar-refractivity contribution in [1.29, 1.82) is 0 Å². The van der Waals surface area contributed by atoms with E-state index in [-0.39, 0.29) is 17.4 Å². The molecule has 0 aliphatic carbocycles. The summed E-state index contributed by atoms with van der Waals surface area (Å²) in [6.07, 6.45) is 4.27. The minimum Gasteiger partial charge on any atom is -0.492 e. The molecule has 1 heterocycles. The van der Waals surface area contributed by atoms with E-state index in [1.165, 1.54) is 6.42 Å². The van der Waals surface area contributed by atoms with Crippen molar-refractivity contribution in [2.75, 3.05) is 12.8 Å². The average molecular weight is 332 g/mol. The van der Waals surface area contributed by atoms with Crippen LogP contribution in [0.25, 0.3) is 10.9 Å². The first-order valence-corrected chi connectivity index (χ1v) is 8.66. The lowest BCUT2D eigenvalue weighted by Crippen LogP contribution is -2.25. The zero-order chi connectivity index (χ0) is 17.7. The molecular formula is C19H28N2O3. The van der Waals surface area contributed by atoms with Gasteiger partial charge in [-0.25, -0.2) is 0 Å². The second-order valence-corrected chi connectivity index (χ2v) is 6.32. The number of nitrogens with zero attached hydrogens (tertiary/aromatic N) is 1. The van der Waals surface area contributed by atoms with Crippen molar-refractivity contribution in [3.63, 3.8) is 0 Å². The Hall–Kier alpha value is -2.17. The molecule has 0 spiro atoms. The minimum absolute atomic E-state index is 0.105. The van der Waals surface area contributed by atoms with Gasteiger partial charge in [-0.05, 0) is 38.5 Å². The number of pyridine rings is 1. The summed E-state index contributed by atoms with van der Waals surface area (Å²) < 4.78 is 13.0. The Morgan fingerprint density at radius 2 is 1.92 bits per heavy atom. The van der Waals surface area contributed by atoms with Crippen LogP contribution in [0, 0.1) is 0 Å². The van der Waals surface area contributed by atoms with Gasteiger partial charge >= 0.3 is 0 Å². The lowest BCUT2D eigenvalue weighted by atomic mass is 10.1. The molecule has 0 unspecified atom stereocenters. The highest BCUT2D eigenvalue weighted by atomic mass is 16.5. The number of hydrogen-bond donors (Lipinski definition) is 1. The van der Waals surface area contributed by atoms with E-state index in [9.17, 15) is 4.79 Å². The molecule has 1 aromatic carbocycles. The molecule has 0 saturated carbocycles. The average Bonchev–Trinajstić information content (AvgIpc) is 2.54. The molecule has 2 rings (SSSR count). The highest BCUT2D eigenvalue weighted by molar-refractivity contribution is 5.90. The van der Waals surface area contributed by atoms with Crippen LogP contribution in [-0.4, -0.2) is 17.8 Å². The number of methoxy groups -OCH3 is 1. The van der Waals surface area contributed by atoms with E-state index in [1.54, 1.807) is 11.7 Å². The number of aromatic nitrogens is 1. The van der Waals surface area contributed by atoms with Gasteiger partial charge in [0.1, 0.15) is 0 Å². The quantitative estimate of drug-likeness (QED) is 0.587. The number of unbranched alkanes of at least 4 members (excludes halogenated alkanes) is 3. The number of nitrogen functional groups attached to an aromatic ring is 1. The molecule has 2 aromatic rings. The lowest BCUT2D eigenvalue weighted by Gasteiger charge is -2.19. The predicted octanol–water partition coefficient (Wildman–Crippen LogP) is 3.96. The molecule has 5 nitrogen and oxygen atoms in total. The van der Waals surface area contributed by atoms with Crippen molar-refractivity contribution in [2.24, 2.45) is 0 Å². The molecule has 1 aromatic heterocycles. The molecule has 5 heteroatoms. The van der Waals surface area contributed by atoms with Gasteiger partial charge in [-0.3, -0.25) is 4.79 Å². The number of anilines is 1. The fourth-order valence-electron chi connectivity index (χ4n) is 2.88. The third-order valence-corrected chi connectivity index (χ3v) is 4.00. The van der Waals surface area contributed by atoms with Gasteiger partial charge < -0.3 is 19.8 Å². The van der Waals surface area contributed by atoms with E-state index in [1.807, 2.05) is 32.0 Å². The van der Waals surface area contributed by atoms with Crippen LogP contribution in [0.5, 0.6) is 11.5 Å². The van der Waals surface area contributed by atoms with Crippen LogP contribution in [0.3, 0.4) is 0 Å². The number of benzene rings is 1. The topological polar surface area (TPSA) is 66.5 Å². The van der Waals surface area contributed by atoms with Crippen LogP contribution in [0.2, 0.25) is 0 Å². The van der Waals surface area contributed by atoms with Crippen LogP contribution in [-0.2, 0) is 6.54 Å². The SMILES string of the molecule is CCCCCCn1c(=O)c(OC(C)C)c(OC)c2ccc(N)cc21. The Morgan fingerprint density at radius 1 is 1.17 bits per heavy atom. The number of nitrogens with two attached hydrogens (primary N) is 1. The number of hydrogen-bond acceptors (Lipinski definition) is 4. The maximum atomic E-state index is 13.0. The molecule has 2 N–H and O–H groups in total. The van der Waals surface area contributed by atoms with Crippen molar-refractivity contribution in [3.05, 3.63) is 28.6 Å². The molecule has 0 aliphatic rings. The normalized spacial score (nSPS) is 11.2. The van der Waals surface area contributed by atoms with Gasteiger partial charge in [0.15, 0.2) is 5.75 Å². The molecule has 0 bridgehead atoms. The third kappa shape index (κ3) is 3.83. The molecule has 0 saturated heterocycles. The molecular weight excluding hydrogens is 304 g/mol. The van der Waals surface area contributed by atoms with E-state index < -0.39 is 0 Å². The van der Waals surface area contributed by atoms with Gasteiger partial charge in [0.2, 0.25) is 5.75 Å². The molecule has 132 valence electrons. The molecule has 0 fully saturated rings. The zero-order valence-electron chi connectivity index (χ0n) is 15.1. The van der Waals surface area contributed by atoms with Crippen LogP contribution >= 0.6 is 0 Å². The van der Waals surface area contributed by atoms with Crippen molar-refractivity contribution < 1.29 is 9.47 Å². The third-order valence-electron chi connectivity index (χ3n) is 4.00. The summed E-state index contributed by atoms with van der Waals surface area (Å²) in [5.41, 5.74) is 7.21. The maximum absolute atomic E-state index is 13.0. The van der Waals surface area contributed by atoms with Crippen molar-refractivity contribution in [3.8, 4) is 11.5 Å². The summed E-state index contributed by atoms with van der Waals surface area (Å²) in [5, 5.41) is 0.845. The molecule has 0 radical (unpaired) electrons. The Kier molecular flexibility index (Phi) is 6.12. The summed E-state index contributed by atoms with van der Waals surface area (Å²) >= 11 is 0. The summed E-state index contributed by atoms with van der Waals surface area (Å²) in [5.74, 6) is 0.758. The fourth-order valence-corrected chi connectivity index (χ4v) is 2.88. The predicted molar refractivity (Wildman–Crippen MR) is 99.1 cm³/mol. The first-order valence-electron chi connectivity index (χ1n) is 8.66. The van der Waals surface area contributed by atoms with E-state index in [4.69, 9.17) is 15.2 Å². The maximum Gasteiger partial charge on any atom is 0.297 e. The molecule has 24 heavy (non-hydrogen) atoms. The van der Waals surface area contributed by atoms with Crippen molar-refractivity contribution >= 4 is 16.6 Å². The number of aryl methyl sites for hydroxylation is 1. The summed E-state index contributed by atoms with van der Waals surface area (Å²) in [7, 11) is 1.56. The summed E-state index contributed by atoms with van der Waals surface area (Å²) in [6, 6.07) is 5.53. The Balaban J connectivity index is 2.61. The Bertz CT molecular complexity index is 750. The summed E-state index contributed by atoms with van der Waals surface area (Å²) in [6.45, 7) is 6.62. The summed E-state index contributed by atoms with van der Waals surface area (Å²) in [4.78, 5) is 13.0. The van der Waals surface area contributed by atoms with E-state index in [0.717, 1.165) is 30.2 Å². The minimum atomic E-state index is -0.157. The van der Waals surface area contributed by atoms with E-state index in [2.05, 4.69) is 6.92 Å². The molecule has 0 atom stereocenters. The highest BCUT2D eigenvalue weighted by Gasteiger charge is 2.20. The fraction of sp³-hybridized carbons (Fsp3) is 0.526. The van der Waals surface area contributed by atoms with Crippen LogP contribution < -0.4 is 20.8 Å². The van der Waals surface area contributed by atoms with Gasteiger partial charge in [0.05, 0.1) is 18.7 Å². The number of fused-ring (bicyclic) bond motifs is 1. The Labute approximate surface area is 143 Å². The van der Waals surface area contributed by atoms with Crippen molar-refractivity contribution in [2.45, 2.75) is 59.1 Å². The smallest absolute Gasteiger partial charge is 0.297 e. The van der Waals surface area contributed by atoms with Crippen LogP contribution in [0.15, 0.2) is 23.0 Å². The number of ether oxygens (including phenoxy) is 2. The number of rotatable bonds is 8. The van der Waals surface area contributed by atoms with Gasteiger partial charge in [-0.15, -0.1) is 0 Å². The highest BCUT2D eigenvalue weighted by Crippen LogP contribution is 2.34. The standard InChI is InChI=1S/C19H28N2O3/c1-5-6-7-8-11-21-16-12-14(20)9-10-15(16)17(23-4)18(19(21)22)24-13(2)3/h9-10,12-13H,5-8,11,20H2,1-4H3. The first kappa shape index (κ1) is 18.2. The largest absolute Gasteiger partial charge is 0.492 e. The second-order valence-electron chi connectivity index (χ2n) is 6.32. The molecule has 0 aliphatic heterocycles. The first-order chi connectivity index (χ1) is 11.5. The zero-order valence-corrected chi connectivity index (χ0v) is 15.1. The van der Waals surface area contributed by atoms with Gasteiger partial charge in [-0.1, -0.05) is 26.2 Å². The van der Waals surface area contributed by atoms with Gasteiger partial charge in [0.25, 0.3) is 5.56 Å². The molecule has 0 amide bonds. The van der Waals surface area contributed by atoms with E-state index in [0.29, 0.717) is 18.0 Å². The van der Waals surface area contributed by atoms with Gasteiger partial charge in [-0.2, -0.15) is 0 Å². The van der Waals surface area contributed by atoms with Gasteiger partial charge in [0, 0.05) is 17.6 Å². The van der Waals surface area contributed by atoms with E-state index >= 15 is 0 Å². The Morgan fingerprint density at radius 3 is 2.54 bits per heavy atom.